The number of methoxy groups -OCH3 is 1. The first-order chi connectivity index (χ1) is 26.9. The van der Waals surface area contributed by atoms with E-state index in [1.54, 1.807) is 6.92 Å². The molecule has 314 valence electrons. The van der Waals surface area contributed by atoms with Gasteiger partial charge in [-0.25, -0.2) is 0 Å². The Balaban J connectivity index is 2.39. The third kappa shape index (κ3) is 22.4. The largest absolute Gasteiger partial charge is 0.491 e. The van der Waals surface area contributed by atoms with Crippen molar-refractivity contribution in [1.82, 2.24) is 0 Å². The van der Waals surface area contributed by atoms with E-state index >= 15 is 0 Å². The smallest absolute Gasteiger partial charge is 0.226 e. The highest BCUT2D eigenvalue weighted by atomic mass is 16.5. The summed E-state index contributed by atoms with van der Waals surface area (Å²) in [5.74, 6) is -0.651. The lowest BCUT2D eigenvalue weighted by Crippen LogP contribution is -2.28. The van der Waals surface area contributed by atoms with E-state index in [4.69, 9.17) is 10.5 Å². The van der Waals surface area contributed by atoms with Crippen molar-refractivity contribution >= 4 is 11.6 Å². The SMILES string of the molecule is COC1=C(N)C(=O)C(C)=C(CC=C(C)CCC=C(C)CCC=C(C)CCC=C(C)CCC=C(C)CC=C(C)CC=C(C)CC=C(C)CC=C(C)CC=C(C)C)C1=O. The van der Waals surface area contributed by atoms with E-state index in [1.807, 2.05) is 6.08 Å². The summed E-state index contributed by atoms with van der Waals surface area (Å²) in [6, 6.07) is 0. The lowest BCUT2D eigenvalue weighted by Gasteiger charge is -2.18. The Morgan fingerprint density at radius 1 is 0.456 bits per heavy atom. The Hall–Kier alpha value is -4.18. The molecule has 0 aromatic carbocycles. The highest BCUT2D eigenvalue weighted by Gasteiger charge is 2.31. The van der Waals surface area contributed by atoms with Crippen LogP contribution in [-0.2, 0) is 14.3 Å². The molecule has 0 aromatic rings. The van der Waals surface area contributed by atoms with Crippen molar-refractivity contribution in [2.75, 3.05) is 7.11 Å². The predicted molar refractivity (Wildman–Crippen MR) is 249 cm³/mol. The van der Waals surface area contributed by atoms with Gasteiger partial charge < -0.3 is 10.5 Å². The van der Waals surface area contributed by atoms with Crippen LogP contribution in [0.2, 0.25) is 0 Å². The molecule has 0 amide bonds. The van der Waals surface area contributed by atoms with E-state index in [0.717, 1.165) is 83.5 Å². The molecule has 0 heterocycles. The molecule has 0 aromatic heterocycles. The quantitative estimate of drug-likeness (QED) is 0.0740. The van der Waals surface area contributed by atoms with Gasteiger partial charge in [-0.3, -0.25) is 9.59 Å². The fourth-order valence-electron chi connectivity index (χ4n) is 6.31. The standard InChI is InChI=1S/C53H79NO3/c1-38(2)26-27-44(8)30-31-46(10)34-35-47(11)33-32-45(9)29-28-42(6)24-16-22-40(4)20-14-18-39(3)19-15-21-41(5)23-17-25-43(7)36-37-49-48(12)51(55)50(54)53(57-13)52(49)56/h19-20,23-24,26,29-30,33-34,36H,14-18,21-22,25,27-28,31-32,35,37,54H2,1-13H3. The molecule has 0 atom stereocenters. The van der Waals surface area contributed by atoms with Gasteiger partial charge >= 0.3 is 0 Å². The zero-order valence-electron chi connectivity index (χ0n) is 38.5. The molecule has 0 aliphatic heterocycles. The van der Waals surface area contributed by atoms with Crippen molar-refractivity contribution in [2.45, 2.75) is 173 Å². The van der Waals surface area contributed by atoms with E-state index in [2.05, 4.69) is 131 Å². The van der Waals surface area contributed by atoms with E-state index < -0.39 is 0 Å². The highest BCUT2D eigenvalue weighted by molar-refractivity contribution is 6.23. The molecule has 0 saturated carbocycles. The molecule has 1 aliphatic carbocycles. The predicted octanol–water partition coefficient (Wildman–Crippen LogP) is 15.2. The van der Waals surface area contributed by atoms with Gasteiger partial charge in [-0.15, -0.1) is 0 Å². The second kappa shape index (κ2) is 28.3. The van der Waals surface area contributed by atoms with Crippen LogP contribution >= 0.6 is 0 Å². The van der Waals surface area contributed by atoms with Crippen LogP contribution in [0, 0.1) is 0 Å². The molecular formula is C53H79NO3. The summed E-state index contributed by atoms with van der Waals surface area (Å²) in [5, 5.41) is 0. The summed E-state index contributed by atoms with van der Waals surface area (Å²) in [4.78, 5) is 25.1. The minimum atomic E-state index is -0.320. The molecule has 0 spiro atoms. The van der Waals surface area contributed by atoms with Gasteiger partial charge in [0.2, 0.25) is 11.6 Å². The number of nitrogens with two attached hydrogens (primary N) is 1. The Morgan fingerprint density at radius 3 is 1.12 bits per heavy atom. The van der Waals surface area contributed by atoms with Crippen molar-refractivity contribution in [3.8, 4) is 0 Å². The van der Waals surface area contributed by atoms with Crippen molar-refractivity contribution < 1.29 is 14.3 Å². The monoisotopic (exact) mass is 778 g/mol. The number of allylic oxidation sites excluding steroid dienone is 22. The Bertz CT molecular complexity index is 1750. The Labute approximate surface area is 349 Å². The number of hydrogen-bond acceptors (Lipinski definition) is 4. The third-order valence-corrected chi connectivity index (χ3v) is 10.7. The maximum Gasteiger partial charge on any atom is 0.226 e. The van der Waals surface area contributed by atoms with Crippen LogP contribution in [0.15, 0.2) is 139 Å². The van der Waals surface area contributed by atoms with Gasteiger partial charge in [0.05, 0.1) is 7.11 Å². The summed E-state index contributed by atoms with van der Waals surface area (Å²) in [7, 11) is 1.37. The lowest BCUT2D eigenvalue weighted by atomic mass is 9.90. The minimum Gasteiger partial charge on any atom is -0.491 e. The number of ether oxygens (including phenoxy) is 1. The third-order valence-electron chi connectivity index (χ3n) is 10.7. The molecule has 4 nitrogen and oxygen atoms in total. The molecule has 0 saturated heterocycles. The molecule has 4 heteroatoms. The molecule has 1 aliphatic rings. The maximum atomic E-state index is 12.7. The first kappa shape index (κ1) is 50.8. The molecule has 57 heavy (non-hydrogen) atoms. The van der Waals surface area contributed by atoms with Crippen molar-refractivity contribution in [2.24, 2.45) is 5.73 Å². The first-order valence-electron chi connectivity index (χ1n) is 21.3. The Morgan fingerprint density at radius 2 is 0.772 bits per heavy atom. The number of hydrogen-bond donors (Lipinski definition) is 1. The van der Waals surface area contributed by atoms with Crippen molar-refractivity contribution in [3.05, 3.63) is 139 Å². The van der Waals surface area contributed by atoms with Gasteiger partial charge in [0, 0.05) is 11.1 Å². The van der Waals surface area contributed by atoms with Crippen LogP contribution in [-0.4, -0.2) is 18.7 Å². The maximum absolute atomic E-state index is 12.7. The van der Waals surface area contributed by atoms with Crippen LogP contribution in [0.3, 0.4) is 0 Å². The van der Waals surface area contributed by atoms with Crippen LogP contribution < -0.4 is 5.73 Å². The topological polar surface area (TPSA) is 69.4 Å². The van der Waals surface area contributed by atoms with Gasteiger partial charge in [0.1, 0.15) is 5.70 Å². The number of Topliss-reactive ketones (excluding diaryl/α,β-unsaturated/α-hetero) is 2. The summed E-state index contributed by atoms with van der Waals surface area (Å²) in [6.07, 6.45) is 37.5. The number of ketones is 2. The Kier molecular flexibility index (Phi) is 25.2. The number of carbonyl (C=O) groups excluding carboxylic acids is 2. The molecule has 0 unspecified atom stereocenters. The highest BCUT2D eigenvalue weighted by Crippen LogP contribution is 2.26. The van der Waals surface area contributed by atoms with E-state index in [0.29, 0.717) is 17.6 Å². The van der Waals surface area contributed by atoms with Gasteiger partial charge in [-0.1, -0.05) is 116 Å². The average molecular weight is 778 g/mol. The fourth-order valence-corrected chi connectivity index (χ4v) is 6.31. The minimum absolute atomic E-state index is 0.0428. The van der Waals surface area contributed by atoms with Gasteiger partial charge in [0.25, 0.3) is 0 Å². The lowest BCUT2D eigenvalue weighted by molar-refractivity contribution is -0.118. The van der Waals surface area contributed by atoms with Gasteiger partial charge in [-0.2, -0.15) is 0 Å². The normalized spacial score (nSPS) is 16.3. The van der Waals surface area contributed by atoms with Crippen molar-refractivity contribution in [3.63, 3.8) is 0 Å². The average Bonchev–Trinajstić information content (AvgIpc) is 3.16. The molecule has 0 fully saturated rings. The summed E-state index contributed by atoms with van der Waals surface area (Å²) in [5.41, 5.74) is 20.7. The van der Waals surface area contributed by atoms with Gasteiger partial charge in [-0.05, 0) is 173 Å². The molecule has 2 N–H and O–H groups in total. The van der Waals surface area contributed by atoms with E-state index in [9.17, 15) is 9.59 Å². The van der Waals surface area contributed by atoms with Crippen LogP contribution in [0.1, 0.15) is 173 Å². The molecule has 0 bridgehead atoms. The first-order valence-corrected chi connectivity index (χ1v) is 21.3. The fraction of sp³-hybridized carbons (Fsp3) is 0.509. The molecular weight excluding hydrogens is 699 g/mol. The van der Waals surface area contributed by atoms with Crippen molar-refractivity contribution in [1.29, 1.82) is 0 Å². The van der Waals surface area contributed by atoms with E-state index in [-0.39, 0.29) is 23.0 Å². The molecule has 0 radical (unpaired) electrons. The van der Waals surface area contributed by atoms with Gasteiger partial charge in [0.15, 0.2) is 5.76 Å². The van der Waals surface area contributed by atoms with Crippen LogP contribution in [0.4, 0.5) is 0 Å². The second-order valence-corrected chi connectivity index (χ2v) is 16.8. The number of rotatable bonds is 25. The zero-order valence-corrected chi connectivity index (χ0v) is 38.5. The summed E-state index contributed by atoms with van der Waals surface area (Å²) in [6.45, 7) is 26.0. The summed E-state index contributed by atoms with van der Waals surface area (Å²) < 4.78 is 5.11. The number of carbonyl (C=O) groups is 2. The zero-order chi connectivity index (χ0) is 42.9. The summed E-state index contributed by atoms with van der Waals surface area (Å²) >= 11 is 0. The van der Waals surface area contributed by atoms with Crippen LogP contribution in [0.5, 0.6) is 0 Å². The van der Waals surface area contributed by atoms with E-state index in [1.165, 1.54) is 62.8 Å². The molecule has 1 rings (SSSR count). The van der Waals surface area contributed by atoms with Crippen LogP contribution in [0.25, 0.3) is 0 Å². The second-order valence-electron chi connectivity index (χ2n) is 16.8.